The summed E-state index contributed by atoms with van der Waals surface area (Å²) in [5, 5.41) is 6.93. The minimum atomic E-state index is -0.514. The highest BCUT2D eigenvalue weighted by molar-refractivity contribution is 14.1. The first-order chi connectivity index (χ1) is 10.4. The fourth-order valence-electron chi connectivity index (χ4n) is 1.97. The normalized spacial score (nSPS) is 10.4. The Labute approximate surface area is 142 Å². The zero-order chi connectivity index (χ0) is 16.3. The third-order valence-corrected chi connectivity index (χ3v) is 4.14. The van der Waals surface area contributed by atoms with Crippen molar-refractivity contribution in [1.29, 1.82) is 0 Å². The number of aromatic nitrogens is 2. The van der Waals surface area contributed by atoms with Crippen LogP contribution in [0.25, 0.3) is 0 Å². The molecule has 1 N–H and O–H groups in total. The van der Waals surface area contributed by atoms with Gasteiger partial charge in [-0.25, -0.2) is 4.79 Å². The SMILES string of the molecule is Cc1nn(C)c(C)c1NC(=O)COC(=O)c1ccccc1I. The molecule has 0 aliphatic heterocycles. The number of nitrogens with zero attached hydrogens (tertiary/aromatic N) is 2. The summed E-state index contributed by atoms with van der Waals surface area (Å²) in [6.07, 6.45) is 0. The standard InChI is InChI=1S/C15H16IN3O3/c1-9-14(10(2)19(3)18-9)17-13(20)8-22-15(21)11-6-4-5-7-12(11)16/h4-7H,8H2,1-3H3,(H,17,20). The molecular formula is C15H16IN3O3. The highest BCUT2D eigenvalue weighted by Gasteiger charge is 2.15. The summed E-state index contributed by atoms with van der Waals surface area (Å²) in [5.74, 6) is -0.904. The average Bonchev–Trinajstić information content (AvgIpc) is 2.72. The zero-order valence-corrected chi connectivity index (χ0v) is 14.7. The molecule has 0 saturated heterocycles. The van der Waals surface area contributed by atoms with E-state index in [4.69, 9.17) is 4.74 Å². The van der Waals surface area contributed by atoms with Crippen LogP contribution in [0.2, 0.25) is 0 Å². The Morgan fingerprint density at radius 2 is 2.00 bits per heavy atom. The summed E-state index contributed by atoms with van der Waals surface area (Å²) in [7, 11) is 1.80. The Hall–Kier alpha value is -1.90. The third kappa shape index (κ3) is 3.65. The minimum absolute atomic E-state index is 0.336. The van der Waals surface area contributed by atoms with Crippen LogP contribution in [0.15, 0.2) is 24.3 Å². The van der Waals surface area contributed by atoms with E-state index >= 15 is 0 Å². The number of anilines is 1. The number of hydrogen-bond donors (Lipinski definition) is 1. The van der Waals surface area contributed by atoms with Gasteiger partial charge in [0.15, 0.2) is 6.61 Å². The second-order valence-corrected chi connectivity index (χ2v) is 5.94. The van der Waals surface area contributed by atoms with Crippen LogP contribution in [-0.2, 0) is 16.6 Å². The zero-order valence-electron chi connectivity index (χ0n) is 12.5. The fraction of sp³-hybridized carbons (Fsp3) is 0.267. The first-order valence-corrected chi connectivity index (χ1v) is 7.69. The molecule has 1 heterocycles. The maximum Gasteiger partial charge on any atom is 0.339 e. The molecule has 0 radical (unpaired) electrons. The molecule has 7 heteroatoms. The lowest BCUT2D eigenvalue weighted by atomic mass is 10.2. The molecule has 116 valence electrons. The Kier molecular flexibility index (Phi) is 5.17. The van der Waals surface area contributed by atoms with Gasteiger partial charge in [-0.05, 0) is 48.6 Å². The van der Waals surface area contributed by atoms with E-state index in [1.807, 2.05) is 13.0 Å². The minimum Gasteiger partial charge on any atom is -0.452 e. The Balaban J connectivity index is 1.96. The Morgan fingerprint density at radius 1 is 1.32 bits per heavy atom. The molecule has 0 unspecified atom stereocenters. The van der Waals surface area contributed by atoms with Crippen LogP contribution in [0.3, 0.4) is 0 Å². The van der Waals surface area contributed by atoms with Crippen LogP contribution < -0.4 is 5.32 Å². The molecule has 1 aromatic carbocycles. The van der Waals surface area contributed by atoms with Gasteiger partial charge in [-0.2, -0.15) is 5.10 Å². The topological polar surface area (TPSA) is 73.2 Å². The highest BCUT2D eigenvalue weighted by atomic mass is 127. The van der Waals surface area contributed by atoms with E-state index in [-0.39, 0.29) is 6.61 Å². The van der Waals surface area contributed by atoms with Crippen LogP contribution in [0.5, 0.6) is 0 Å². The molecule has 2 aromatic rings. The van der Waals surface area contributed by atoms with Crippen molar-refractivity contribution in [3.8, 4) is 0 Å². The molecule has 1 aromatic heterocycles. The number of rotatable bonds is 4. The van der Waals surface area contributed by atoms with Gasteiger partial charge >= 0.3 is 5.97 Å². The van der Waals surface area contributed by atoms with Crippen molar-refractivity contribution in [3.05, 3.63) is 44.8 Å². The number of aryl methyl sites for hydroxylation is 2. The monoisotopic (exact) mass is 413 g/mol. The van der Waals surface area contributed by atoms with Gasteiger partial charge in [-0.15, -0.1) is 0 Å². The summed E-state index contributed by atoms with van der Waals surface area (Å²) in [5.41, 5.74) is 2.66. The molecule has 0 bridgehead atoms. The summed E-state index contributed by atoms with van der Waals surface area (Å²) in [6, 6.07) is 7.05. The predicted molar refractivity (Wildman–Crippen MR) is 90.8 cm³/mol. The summed E-state index contributed by atoms with van der Waals surface area (Å²) in [6.45, 7) is 3.33. The largest absolute Gasteiger partial charge is 0.452 e. The van der Waals surface area contributed by atoms with Crippen molar-refractivity contribution in [2.75, 3.05) is 11.9 Å². The van der Waals surface area contributed by atoms with E-state index < -0.39 is 11.9 Å². The fourth-order valence-corrected chi connectivity index (χ4v) is 2.57. The summed E-state index contributed by atoms with van der Waals surface area (Å²) in [4.78, 5) is 23.9. The van der Waals surface area contributed by atoms with Gasteiger partial charge in [0.05, 0.1) is 22.6 Å². The molecule has 0 aliphatic carbocycles. The van der Waals surface area contributed by atoms with Crippen molar-refractivity contribution in [2.45, 2.75) is 13.8 Å². The van der Waals surface area contributed by atoms with E-state index in [0.717, 1.165) is 15.0 Å². The van der Waals surface area contributed by atoms with Crippen molar-refractivity contribution >= 4 is 40.2 Å². The first kappa shape index (κ1) is 16.5. The number of carbonyl (C=O) groups is 2. The van der Waals surface area contributed by atoms with Gasteiger partial charge in [-0.3, -0.25) is 9.48 Å². The molecule has 22 heavy (non-hydrogen) atoms. The molecule has 0 atom stereocenters. The molecule has 2 rings (SSSR count). The quantitative estimate of drug-likeness (QED) is 0.618. The number of carbonyl (C=O) groups excluding carboxylic acids is 2. The number of halogens is 1. The average molecular weight is 413 g/mol. The van der Waals surface area contributed by atoms with Gasteiger partial charge in [0, 0.05) is 10.6 Å². The number of hydrogen-bond acceptors (Lipinski definition) is 4. The van der Waals surface area contributed by atoms with Gasteiger partial charge in [0.2, 0.25) is 0 Å². The van der Waals surface area contributed by atoms with Gasteiger partial charge in [-0.1, -0.05) is 12.1 Å². The molecule has 0 aliphatic rings. The third-order valence-electron chi connectivity index (χ3n) is 3.20. The molecule has 1 amide bonds. The van der Waals surface area contributed by atoms with Crippen LogP contribution in [-0.4, -0.2) is 28.3 Å². The van der Waals surface area contributed by atoms with E-state index in [0.29, 0.717) is 11.3 Å². The highest BCUT2D eigenvalue weighted by Crippen LogP contribution is 2.18. The number of amides is 1. The van der Waals surface area contributed by atoms with Crippen molar-refractivity contribution in [1.82, 2.24) is 9.78 Å². The van der Waals surface area contributed by atoms with Crippen LogP contribution >= 0.6 is 22.6 Å². The lowest BCUT2D eigenvalue weighted by molar-refractivity contribution is -0.119. The second kappa shape index (κ2) is 6.91. The van der Waals surface area contributed by atoms with E-state index in [1.54, 1.807) is 36.9 Å². The van der Waals surface area contributed by atoms with Crippen LogP contribution in [0.1, 0.15) is 21.7 Å². The Bertz CT molecular complexity index is 725. The van der Waals surface area contributed by atoms with Gasteiger partial charge in [0.25, 0.3) is 5.91 Å². The van der Waals surface area contributed by atoms with Crippen molar-refractivity contribution < 1.29 is 14.3 Å². The molecule has 0 spiro atoms. The predicted octanol–water partition coefficient (Wildman–Crippen LogP) is 2.44. The summed E-state index contributed by atoms with van der Waals surface area (Å²) < 4.78 is 7.51. The van der Waals surface area contributed by atoms with Crippen molar-refractivity contribution in [2.24, 2.45) is 7.05 Å². The number of ether oxygens (including phenoxy) is 1. The van der Waals surface area contributed by atoms with E-state index in [2.05, 4.69) is 33.0 Å². The van der Waals surface area contributed by atoms with Crippen molar-refractivity contribution in [3.63, 3.8) is 0 Å². The second-order valence-electron chi connectivity index (χ2n) is 4.77. The van der Waals surface area contributed by atoms with Gasteiger partial charge in [0.1, 0.15) is 0 Å². The van der Waals surface area contributed by atoms with Crippen LogP contribution in [0.4, 0.5) is 5.69 Å². The van der Waals surface area contributed by atoms with Gasteiger partial charge < -0.3 is 10.1 Å². The molecular weight excluding hydrogens is 397 g/mol. The molecule has 0 saturated carbocycles. The smallest absolute Gasteiger partial charge is 0.339 e. The maximum absolute atomic E-state index is 11.9. The number of esters is 1. The van der Waals surface area contributed by atoms with E-state index in [9.17, 15) is 9.59 Å². The number of nitrogens with one attached hydrogen (secondary N) is 1. The van der Waals surface area contributed by atoms with E-state index in [1.165, 1.54) is 0 Å². The lowest BCUT2D eigenvalue weighted by Gasteiger charge is -2.08. The Morgan fingerprint density at radius 3 is 2.59 bits per heavy atom. The molecule has 6 nitrogen and oxygen atoms in total. The lowest BCUT2D eigenvalue weighted by Crippen LogP contribution is -2.21. The van der Waals surface area contributed by atoms with Crippen LogP contribution in [0, 0.1) is 17.4 Å². The first-order valence-electron chi connectivity index (χ1n) is 6.62. The number of benzene rings is 1. The molecule has 0 fully saturated rings. The summed E-state index contributed by atoms with van der Waals surface area (Å²) >= 11 is 2.05. The maximum atomic E-state index is 11.9.